The second-order valence-corrected chi connectivity index (χ2v) is 9.15. The summed E-state index contributed by atoms with van der Waals surface area (Å²) in [5.41, 5.74) is -0.500. The number of hydrogen-bond acceptors (Lipinski definition) is 8. The van der Waals surface area contributed by atoms with E-state index in [1.807, 2.05) is 0 Å². The summed E-state index contributed by atoms with van der Waals surface area (Å²) in [6, 6.07) is 0. The minimum atomic E-state index is -0.520. The monoisotopic (exact) mass is 425 g/mol. The molecule has 1 fully saturated rings. The van der Waals surface area contributed by atoms with Crippen LogP contribution in [0, 0.1) is 12.9 Å². The first-order valence-corrected chi connectivity index (χ1v) is 10.5. The van der Waals surface area contributed by atoms with E-state index in [1.54, 1.807) is 6.92 Å². The Bertz CT molecular complexity index is 872. The Hall–Kier alpha value is -1.91. The topological polar surface area (TPSA) is 93.4 Å². The number of rotatable bonds is 7. The van der Waals surface area contributed by atoms with Gasteiger partial charge >= 0.3 is 0 Å². The summed E-state index contributed by atoms with van der Waals surface area (Å²) in [6.45, 7) is 11.0. The molecule has 0 aliphatic carbocycles. The van der Waals surface area contributed by atoms with Crippen LogP contribution < -0.4 is 5.32 Å². The van der Waals surface area contributed by atoms with Crippen LogP contribution in [0.2, 0.25) is 0 Å². The lowest BCUT2D eigenvalue weighted by Gasteiger charge is -2.51. The first-order chi connectivity index (χ1) is 13.6. The van der Waals surface area contributed by atoms with Crippen LogP contribution >= 0.6 is 11.3 Å². The van der Waals surface area contributed by atoms with Crippen LogP contribution in [0.1, 0.15) is 63.6 Å². The third-order valence-electron chi connectivity index (χ3n) is 5.57. The highest BCUT2D eigenvalue weighted by atomic mass is 32.1. The van der Waals surface area contributed by atoms with Crippen molar-refractivity contribution >= 4 is 22.4 Å². The van der Waals surface area contributed by atoms with Crippen LogP contribution in [-0.2, 0) is 22.7 Å². The van der Waals surface area contributed by atoms with Crippen molar-refractivity contribution in [2.24, 2.45) is 0 Å². The van der Waals surface area contributed by atoms with Gasteiger partial charge in [-0.15, -0.1) is 10.2 Å². The third kappa shape index (κ3) is 5.18. The number of ether oxygens (including phenoxy) is 1. The zero-order chi connectivity index (χ0) is 21.2. The molecule has 2 aromatic rings. The normalized spacial score (nSPS) is 25.3. The van der Waals surface area contributed by atoms with Gasteiger partial charge in [0.05, 0.1) is 10.5 Å². The van der Waals surface area contributed by atoms with Crippen molar-refractivity contribution < 1.29 is 18.3 Å². The van der Waals surface area contributed by atoms with Crippen molar-refractivity contribution in [2.45, 2.75) is 78.2 Å². The molecule has 0 aromatic carbocycles. The fourth-order valence-electron chi connectivity index (χ4n) is 3.83. The molecule has 0 bridgehead atoms. The highest BCUT2D eigenvalue weighted by Crippen LogP contribution is 2.40. The number of hydrogen-bond donors (Lipinski definition) is 1. The lowest BCUT2D eigenvalue weighted by atomic mass is 9.77. The van der Waals surface area contributed by atoms with Crippen molar-refractivity contribution in [1.82, 2.24) is 20.1 Å². The maximum absolute atomic E-state index is 14.3. The van der Waals surface area contributed by atoms with E-state index in [-0.39, 0.29) is 23.7 Å². The maximum Gasteiger partial charge on any atom is 0.242 e. The second-order valence-electron chi connectivity index (χ2n) is 8.07. The van der Waals surface area contributed by atoms with Crippen molar-refractivity contribution in [3.05, 3.63) is 22.6 Å². The first-order valence-electron chi connectivity index (χ1n) is 9.73. The quantitative estimate of drug-likeness (QED) is 0.723. The predicted molar refractivity (Wildman–Crippen MR) is 107 cm³/mol. The molecule has 29 heavy (non-hydrogen) atoms. The van der Waals surface area contributed by atoms with Crippen molar-refractivity contribution in [3.8, 4) is 0 Å². The van der Waals surface area contributed by atoms with E-state index >= 15 is 0 Å². The standard InChI is InChI=1S/C19H28FN5O3S/c1-6-18(4)11-19(5,27-10-15-24-23-13(3)28-15)7-8-25(18)9-14-16(20)22-17(29-14)21-12(2)26/h6-11H2,1-5H3,(H,21,22,26). The molecule has 1 aliphatic rings. The first kappa shape index (κ1) is 21.8. The SMILES string of the molecule is CCC1(C)CC(C)(OCc2nnc(C)o2)CCN1Cc1sc(NC(C)=O)nc1F. The zero-order valence-corrected chi connectivity index (χ0v) is 18.4. The Labute approximate surface area is 173 Å². The lowest BCUT2D eigenvalue weighted by Crippen LogP contribution is -2.57. The van der Waals surface area contributed by atoms with E-state index in [4.69, 9.17) is 9.15 Å². The summed E-state index contributed by atoms with van der Waals surface area (Å²) in [5, 5.41) is 10.7. The second kappa shape index (κ2) is 8.45. The number of halogens is 1. The van der Waals surface area contributed by atoms with Crippen molar-refractivity contribution in [1.29, 1.82) is 0 Å². The number of piperidine rings is 1. The van der Waals surface area contributed by atoms with Gasteiger partial charge in [0.1, 0.15) is 6.61 Å². The molecule has 0 saturated carbocycles. The number of nitrogens with one attached hydrogen (secondary N) is 1. The zero-order valence-electron chi connectivity index (χ0n) is 17.5. The van der Waals surface area contributed by atoms with Crippen LogP contribution in [0.4, 0.5) is 9.52 Å². The number of carbonyl (C=O) groups excluding carboxylic acids is 1. The average Bonchev–Trinajstić information content (AvgIpc) is 3.21. The van der Waals surface area contributed by atoms with Gasteiger partial charge < -0.3 is 14.5 Å². The molecule has 1 saturated heterocycles. The fourth-order valence-corrected chi connectivity index (χ4v) is 4.73. The van der Waals surface area contributed by atoms with Crippen LogP contribution in [0.5, 0.6) is 0 Å². The van der Waals surface area contributed by atoms with Gasteiger partial charge in [0, 0.05) is 32.5 Å². The number of thiazole rings is 1. The van der Waals surface area contributed by atoms with Gasteiger partial charge in [-0.3, -0.25) is 9.69 Å². The van der Waals surface area contributed by atoms with E-state index in [1.165, 1.54) is 18.3 Å². The van der Waals surface area contributed by atoms with Gasteiger partial charge in [0.2, 0.25) is 23.6 Å². The molecule has 0 radical (unpaired) electrons. The maximum atomic E-state index is 14.3. The van der Waals surface area contributed by atoms with Crippen LogP contribution in [0.3, 0.4) is 0 Å². The molecule has 160 valence electrons. The number of amides is 1. The van der Waals surface area contributed by atoms with E-state index in [9.17, 15) is 9.18 Å². The minimum Gasteiger partial charge on any atom is -0.423 e. The average molecular weight is 426 g/mol. The van der Waals surface area contributed by atoms with Crippen molar-refractivity contribution in [3.63, 3.8) is 0 Å². The van der Waals surface area contributed by atoms with E-state index in [0.29, 0.717) is 28.3 Å². The summed E-state index contributed by atoms with van der Waals surface area (Å²) in [6.07, 6.45) is 2.49. The Kier molecular flexibility index (Phi) is 6.35. The number of nitrogens with zero attached hydrogens (tertiary/aromatic N) is 4. The Balaban J connectivity index is 1.67. The molecule has 10 heteroatoms. The lowest BCUT2D eigenvalue weighted by molar-refractivity contribution is -0.128. The number of carbonyl (C=O) groups is 1. The number of aromatic nitrogens is 3. The molecule has 1 N–H and O–H groups in total. The minimum absolute atomic E-state index is 0.164. The van der Waals surface area contributed by atoms with Gasteiger partial charge in [-0.2, -0.15) is 9.37 Å². The van der Waals surface area contributed by atoms with Crippen molar-refractivity contribution in [2.75, 3.05) is 11.9 Å². The summed E-state index contributed by atoms with van der Waals surface area (Å²) in [7, 11) is 0. The van der Waals surface area contributed by atoms with E-state index < -0.39 is 5.95 Å². The van der Waals surface area contributed by atoms with Gasteiger partial charge in [-0.05, 0) is 33.1 Å². The van der Waals surface area contributed by atoms with Gasteiger partial charge in [-0.25, -0.2) is 0 Å². The van der Waals surface area contributed by atoms with Crippen LogP contribution in [0.15, 0.2) is 4.42 Å². The predicted octanol–water partition coefficient (Wildman–Crippen LogP) is 3.67. The molecule has 3 rings (SSSR count). The third-order valence-corrected chi connectivity index (χ3v) is 6.50. The fraction of sp³-hybridized carbons (Fsp3) is 0.684. The Morgan fingerprint density at radius 1 is 1.41 bits per heavy atom. The highest BCUT2D eigenvalue weighted by Gasteiger charge is 2.44. The molecule has 8 nitrogen and oxygen atoms in total. The Morgan fingerprint density at radius 2 is 2.17 bits per heavy atom. The largest absolute Gasteiger partial charge is 0.423 e. The highest BCUT2D eigenvalue weighted by molar-refractivity contribution is 7.15. The summed E-state index contributed by atoms with van der Waals surface area (Å²) in [5.74, 6) is 0.216. The molecular formula is C19H28FN5O3S. The molecule has 1 aliphatic heterocycles. The molecule has 2 unspecified atom stereocenters. The van der Waals surface area contributed by atoms with E-state index in [2.05, 4.69) is 46.2 Å². The smallest absolute Gasteiger partial charge is 0.242 e. The van der Waals surface area contributed by atoms with Crippen LogP contribution in [-0.4, -0.2) is 43.7 Å². The van der Waals surface area contributed by atoms with Gasteiger partial charge in [0.25, 0.3) is 0 Å². The Morgan fingerprint density at radius 3 is 2.79 bits per heavy atom. The molecule has 0 spiro atoms. The van der Waals surface area contributed by atoms with Gasteiger partial charge in [0.15, 0.2) is 5.13 Å². The van der Waals surface area contributed by atoms with Crippen LogP contribution in [0.25, 0.3) is 0 Å². The molecule has 2 aromatic heterocycles. The number of anilines is 1. The molecular weight excluding hydrogens is 397 g/mol. The summed E-state index contributed by atoms with van der Waals surface area (Å²) >= 11 is 1.18. The number of aryl methyl sites for hydroxylation is 1. The molecule has 2 atom stereocenters. The van der Waals surface area contributed by atoms with Gasteiger partial charge in [-0.1, -0.05) is 18.3 Å². The molecule has 1 amide bonds. The summed E-state index contributed by atoms with van der Waals surface area (Å²) < 4.78 is 25.9. The summed E-state index contributed by atoms with van der Waals surface area (Å²) in [4.78, 5) is 17.8. The van der Waals surface area contributed by atoms with E-state index in [0.717, 1.165) is 25.8 Å². The molecule has 3 heterocycles. The number of likely N-dealkylation sites (tertiary alicyclic amines) is 1.